The molecule has 0 amide bonds. The largest absolute Gasteiger partial charge is 0.313 e. The minimum atomic E-state index is 0.342. The SMILES string of the molecule is CNC(C)c1ccc(-c2cc(Cl)ccc2Cl)cc1. The van der Waals surface area contributed by atoms with Crippen LogP contribution in [0.25, 0.3) is 11.1 Å². The van der Waals surface area contributed by atoms with Gasteiger partial charge in [-0.05, 0) is 43.3 Å². The topological polar surface area (TPSA) is 12.0 Å². The highest BCUT2D eigenvalue weighted by Gasteiger charge is 2.06. The van der Waals surface area contributed by atoms with Gasteiger partial charge in [0.1, 0.15) is 0 Å². The number of rotatable bonds is 3. The lowest BCUT2D eigenvalue weighted by molar-refractivity contribution is 0.652. The molecule has 1 atom stereocenters. The molecule has 3 heteroatoms. The minimum absolute atomic E-state index is 0.342. The predicted molar refractivity (Wildman–Crippen MR) is 79.4 cm³/mol. The van der Waals surface area contributed by atoms with Crippen molar-refractivity contribution in [3.05, 3.63) is 58.1 Å². The van der Waals surface area contributed by atoms with Crippen LogP contribution in [0.5, 0.6) is 0 Å². The molecular weight excluding hydrogens is 265 g/mol. The highest BCUT2D eigenvalue weighted by molar-refractivity contribution is 6.35. The fraction of sp³-hybridized carbons (Fsp3) is 0.200. The van der Waals surface area contributed by atoms with E-state index < -0.39 is 0 Å². The van der Waals surface area contributed by atoms with Gasteiger partial charge in [-0.25, -0.2) is 0 Å². The van der Waals surface area contributed by atoms with Crippen molar-refractivity contribution in [3.63, 3.8) is 0 Å². The van der Waals surface area contributed by atoms with Gasteiger partial charge in [0.15, 0.2) is 0 Å². The van der Waals surface area contributed by atoms with E-state index in [1.807, 2.05) is 19.2 Å². The summed E-state index contributed by atoms with van der Waals surface area (Å²) in [4.78, 5) is 0. The summed E-state index contributed by atoms with van der Waals surface area (Å²) in [6.07, 6.45) is 0. The van der Waals surface area contributed by atoms with E-state index in [-0.39, 0.29) is 0 Å². The summed E-state index contributed by atoms with van der Waals surface area (Å²) in [7, 11) is 1.95. The summed E-state index contributed by atoms with van der Waals surface area (Å²) < 4.78 is 0. The zero-order chi connectivity index (χ0) is 13.1. The van der Waals surface area contributed by atoms with E-state index in [2.05, 4.69) is 36.5 Å². The first kappa shape index (κ1) is 13.4. The van der Waals surface area contributed by atoms with Crippen LogP contribution in [0.3, 0.4) is 0 Å². The van der Waals surface area contributed by atoms with Crippen LogP contribution in [-0.2, 0) is 0 Å². The van der Waals surface area contributed by atoms with E-state index in [9.17, 15) is 0 Å². The van der Waals surface area contributed by atoms with Crippen molar-refractivity contribution in [3.8, 4) is 11.1 Å². The summed E-state index contributed by atoms with van der Waals surface area (Å²) in [5, 5.41) is 4.63. The molecule has 0 saturated carbocycles. The Hall–Kier alpha value is -1.02. The average molecular weight is 280 g/mol. The number of nitrogens with one attached hydrogen (secondary N) is 1. The molecule has 0 spiro atoms. The number of benzene rings is 2. The Balaban J connectivity index is 2.37. The molecule has 0 aliphatic carbocycles. The van der Waals surface area contributed by atoms with Gasteiger partial charge in [-0.3, -0.25) is 0 Å². The zero-order valence-electron chi connectivity index (χ0n) is 10.4. The summed E-state index contributed by atoms with van der Waals surface area (Å²) in [5.41, 5.74) is 3.29. The van der Waals surface area contributed by atoms with Crippen molar-refractivity contribution in [1.82, 2.24) is 5.32 Å². The summed E-state index contributed by atoms with van der Waals surface area (Å²) in [6, 6.07) is 14.2. The number of hydrogen-bond acceptors (Lipinski definition) is 1. The van der Waals surface area contributed by atoms with Crippen LogP contribution in [0.1, 0.15) is 18.5 Å². The molecule has 18 heavy (non-hydrogen) atoms. The Morgan fingerprint density at radius 2 is 1.67 bits per heavy atom. The van der Waals surface area contributed by atoms with Gasteiger partial charge >= 0.3 is 0 Å². The zero-order valence-corrected chi connectivity index (χ0v) is 11.9. The van der Waals surface area contributed by atoms with Gasteiger partial charge in [-0.15, -0.1) is 0 Å². The Morgan fingerprint density at radius 3 is 2.28 bits per heavy atom. The Bertz CT molecular complexity index is 535. The predicted octanol–water partition coefficient (Wildman–Crippen LogP) is 4.94. The lowest BCUT2D eigenvalue weighted by Crippen LogP contribution is -2.11. The quantitative estimate of drug-likeness (QED) is 0.839. The van der Waals surface area contributed by atoms with Gasteiger partial charge in [0.25, 0.3) is 0 Å². The Morgan fingerprint density at radius 1 is 1.00 bits per heavy atom. The fourth-order valence-electron chi connectivity index (χ4n) is 1.84. The lowest BCUT2D eigenvalue weighted by Gasteiger charge is -2.12. The van der Waals surface area contributed by atoms with Gasteiger partial charge < -0.3 is 5.32 Å². The third-order valence-electron chi connectivity index (χ3n) is 3.08. The van der Waals surface area contributed by atoms with Gasteiger partial charge in [0.2, 0.25) is 0 Å². The third-order valence-corrected chi connectivity index (χ3v) is 3.65. The second-order valence-corrected chi connectivity index (χ2v) is 5.10. The highest BCUT2D eigenvalue weighted by atomic mass is 35.5. The van der Waals surface area contributed by atoms with Crippen LogP contribution in [0, 0.1) is 0 Å². The van der Waals surface area contributed by atoms with Crippen molar-refractivity contribution >= 4 is 23.2 Å². The summed E-state index contributed by atoms with van der Waals surface area (Å²) in [6.45, 7) is 2.13. The Kier molecular flexibility index (Phi) is 4.28. The smallest absolute Gasteiger partial charge is 0.0485 e. The van der Waals surface area contributed by atoms with E-state index in [1.54, 1.807) is 6.07 Å². The molecule has 0 aliphatic heterocycles. The molecule has 1 unspecified atom stereocenters. The van der Waals surface area contributed by atoms with Crippen molar-refractivity contribution in [1.29, 1.82) is 0 Å². The molecule has 2 rings (SSSR count). The van der Waals surface area contributed by atoms with Crippen LogP contribution >= 0.6 is 23.2 Å². The van der Waals surface area contributed by atoms with E-state index >= 15 is 0 Å². The minimum Gasteiger partial charge on any atom is -0.313 e. The van der Waals surface area contributed by atoms with Crippen LogP contribution in [0.2, 0.25) is 10.0 Å². The molecule has 0 aliphatic rings. The maximum Gasteiger partial charge on any atom is 0.0485 e. The first-order valence-electron chi connectivity index (χ1n) is 5.84. The van der Waals surface area contributed by atoms with E-state index in [4.69, 9.17) is 23.2 Å². The molecular formula is C15H15Cl2N. The second kappa shape index (κ2) is 5.75. The lowest BCUT2D eigenvalue weighted by atomic mass is 10.0. The van der Waals surface area contributed by atoms with Gasteiger partial charge in [0, 0.05) is 21.7 Å². The normalized spacial score (nSPS) is 12.4. The average Bonchev–Trinajstić information content (AvgIpc) is 2.41. The van der Waals surface area contributed by atoms with Crippen LogP contribution in [0.15, 0.2) is 42.5 Å². The van der Waals surface area contributed by atoms with E-state index in [0.29, 0.717) is 16.1 Å². The molecule has 0 saturated heterocycles. The molecule has 94 valence electrons. The van der Waals surface area contributed by atoms with Gasteiger partial charge in [-0.2, -0.15) is 0 Å². The van der Waals surface area contributed by atoms with E-state index in [1.165, 1.54) is 5.56 Å². The molecule has 1 N–H and O–H groups in total. The first-order chi connectivity index (χ1) is 8.61. The molecule has 0 radical (unpaired) electrons. The van der Waals surface area contributed by atoms with Crippen LogP contribution in [-0.4, -0.2) is 7.05 Å². The highest BCUT2D eigenvalue weighted by Crippen LogP contribution is 2.31. The fourth-order valence-corrected chi connectivity index (χ4v) is 2.24. The molecule has 0 aromatic heterocycles. The molecule has 0 heterocycles. The third kappa shape index (κ3) is 2.86. The van der Waals surface area contributed by atoms with Gasteiger partial charge in [-0.1, -0.05) is 47.5 Å². The van der Waals surface area contributed by atoms with Crippen molar-refractivity contribution < 1.29 is 0 Å². The van der Waals surface area contributed by atoms with Gasteiger partial charge in [0.05, 0.1) is 0 Å². The first-order valence-corrected chi connectivity index (χ1v) is 6.60. The van der Waals surface area contributed by atoms with Crippen LogP contribution < -0.4 is 5.32 Å². The van der Waals surface area contributed by atoms with Crippen molar-refractivity contribution in [2.75, 3.05) is 7.05 Å². The summed E-state index contributed by atoms with van der Waals surface area (Å²) >= 11 is 12.2. The number of halogens is 2. The van der Waals surface area contributed by atoms with Crippen molar-refractivity contribution in [2.24, 2.45) is 0 Å². The molecule has 1 nitrogen and oxygen atoms in total. The van der Waals surface area contributed by atoms with Crippen LogP contribution in [0.4, 0.5) is 0 Å². The van der Waals surface area contributed by atoms with E-state index in [0.717, 1.165) is 11.1 Å². The molecule has 0 bridgehead atoms. The molecule has 2 aromatic rings. The molecule has 2 aromatic carbocycles. The molecule has 0 fully saturated rings. The number of hydrogen-bond donors (Lipinski definition) is 1. The summed E-state index contributed by atoms with van der Waals surface area (Å²) in [5.74, 6) is 0. The standard InChI is InChI=1S/C15H15Cl2N/c1-10(18-2)11-3-5-12(6-4-11)14-9-13(16)7-8-15(14)17/h3-10,18H,1-2H3. The maximum absolute atomic E-state index is 6.19. The van der Waals surface area contributed by atoms with Crippen molar-refractivity contribution in [2.45, 2.75) is 13.0 Å². The monoisotopic (exact) mass is 279 g/mol. The second-order valence-electron chi connectivity index (χ2n) is 4.26. The Labute approximate surface area is 118 Å². The maximum atomic E-state index is 6.19.